The molecule has 3 amide bonds. The first-order chi connectivity index (χ1) is 15.3. The summed E-state index contributed by atoms with van der Waals surface area (Å²) in [4.78, 5) is 25.6. The highest BCUT2D eigenvalue weighted by atomic mass is 35.5. The summed E-state index contributed by atoms with van der Waals surface area (Å²) in [5.41, 5.74) is 6.07. The van der Waals surface area contributed by atoms with Gasteiger partial charge in [0.1, 0.15) is 5.75 Å². The summed E-state index contributed by atoms with van der Waals surface area (Å²) in [6, 6.07) is 7.66. The van der Waals surface area contributed by atoms with Gasteiger partial charge in [0.2, 0.25) is 5.91 Å². The number of urea groups is 1. The number of nitrogens with zero attached hydrogens (tertiary/aromatic N) is 1. The van der Waals surface area contributed by atoms with E-state index in [1.165, 1.54) is 12.1 Å². The standard InChI is InChI=1S/C22H24ClF2N3O4/c23-15-3-5-20(19(12-15)27-22(26)30)32-9-6-21(29)28-7-1-8-31-16(13-28)10-14-2-4-17(24)18(25)11-14/h2-5,11-12,16H,1,6-10,13H2,(H3,26,27,30). The zero-order valence-corrected chi connectivity index (χ0v) is 18.0. The van der Waals surface area contributed by atoms with Gasteiger partial charge >= 0.3 is 6.03 Å². The maximum Gasteiger partial charge on any atom is 0.316 e. The average Bonchev–Trinajstić information content (AvgIpc) is 2.97. The van der Waals surface area contributed by atoms with E-state index < -0.39 is 17.7 Å². The highest BCUT2D eigenvalue weighted by Crippen LogP contribution is 2.28. The van der Waals surface area contributed by atoms with Crippen molar-refractivity contribution in [3.05, 3.63) is 58.6 Å². The minimum Gasteiger partial charge on any atom is -0.491 e. The van der Waals surface area contributed by atoms with E-state index in [9.17, 15) is 18.4 Å². The van der Waals surface area contributed by atoms with Crippen LogP contribution in [0.25, 0.3) is 0 Å². The Morgan fingerprint density at radius 3 is 2.78 bits per heavy atom. The molecular formula is C22H24ClF2N3O4. The van der Waals surface area contributed by atoms with Crippen LogP contribution in [0, 0.1) is 11.6 Å². The van der Waals surface area contributed by atoms with E-state index in [0.717, 1.165) is 12.1 Å². The predicted octanol–water partition coefficient (Wildman–Crippen LogP) is 3.74. The summed E-state index contributed by atoms with van der Waals surface area (Å²) in [7, 11) is 0. The normalized spacial score (nSPS) is 16.3. The molecule has 1 aliphatic rings. The van der Waals surface area contributed by atoms with Crippen molar-refractivity contribution >= 4 is 29.2 Å². The van der Waals surface area contributed by atoms with Gasteiger partial charge in [0.05, 0.1) is 24.8 Å². The zero-order valence-electron chi connectivity index (χ0n) is 17.3. The van der Waals surface area contributed by atoms with Crippen LogP contribution in [0.3, 0.4) is 0 Å². The van der Waals surface area contributed by atoms with E-state index in [1.807, 2.05) is 0 Å². The molecule has 2 aromatic carbocycles. The molecule has 0 saturated carbocycles. The Hall–Kier alpha value is -2.91. The number of halogens is 3. The number of ether oxygens (including phenoxy) is 2. The van der Waals surface area contributed by atoms with Gasteiger partial charge in [-0.25, -0.2) is 13.6 Å². The highest BCUT2D eigenvalue weighted by molar-refractivity contribution is 6.31. The maximum absolute atomic E-state index is 13.5. The lowest BCUT2D eigenvalue weighted by molar-refractivity contribution is -0.132. The van der Waals surface area contributed by atoms with Gasteiger partial charge in [-0.05, 0) is 42.3 Å². The van der Waals surface area contributed by atoms with E-state index in [0.29, 0.717) is 54.6 Å². The minimum absolute atomic E-state index is 0.0824. The molecule has 172 valence electrons. The van der Waals surface area contributed by atoms with Crippen LogP contribution in [0.15, 0.2) is 36.4 Å². The number of primary amides is 1. The number of rotatable bonds is 7. The lowest BCUT2D eigenvalue weighted by Crippen LogP contribution is -2.38. The molecular weight excluding hydrogens is 444 g/mol. The maximum atomic E-state index is 13.5. The second-order valence-corrected chi connectivity index (χ2v) is 7.80. The summed E-state index contributed by atoms with van der Waals surface area (Å²) in [5, 5.41) is 2.82. The first kappa shape index (κ1) is 23.7. The molecule has 0 aliphatic carbocycles. The van der Waals surface area contributed by atoms with Gasteiger partial charge in [-0.1, -0.05) is 17.7 Å². The molecule has 1 heterocycles. The molecule has 0 radical (unpaired) electrons. The topological polar surface area (TPSA) is 93.9 Å². The molecule has 1 atom stereocenters. The predicted molar refractivity (Wildman–Crippen MR) is 116 cm³/mol. The van der Waals surface area contributed by atoms with Crippen LogP contribution in [0.2, 0.25) is 5.02 Å². The van der Waals surface area contributed by atoms with Crippen LogP contribution < -0.4 is 15.8 Å². The Bertz CT molecular complexity index is 976. The second-order valence-electron chi connectivity index (χ2n) is 7.37. The fraction of sp³-hybridized carbons (Fsp3) is 0.364. The molecule has 3 N–H and O–H groups in total. The van der Waals surface area contributed by atoms with E-state index in [1.54, 1.807) is 17.0 Å². The number of carbonyl (C=O) groups excluding carboxylic acids is 2. The lowest BCUT2D eigenvalue weighted by atomic mass is 10.1. The van der Waals surface area contributed by atoms with Gasteiger partial charge in [-0.2, -0.15) is 0 Å². The van der Waals surface area contributed by atoms with Gasteiger partial charge in [0.25, 0.3) is 0 Å². The Balaban J connectivity index is 1.55. The molecule has 3 rings (SSSR count). The monoisotopic (exact) mass is 467 g/mol. The molecule has 1 aliphatic heterocycles. The first-order valence-electron chi connectivity index (χ1n) is 10.1. The third kappa shape index (κ3) is 6.80. The summed E-state index contributed by atoms with van der Waals surface area (Å²) in [6.07, 6.45) is 0.820. The number of anilines is 1. The second kappa shape index (κ2) is 11.1. The van der Waals surface area contributed by atoms with Gasteiger partial charge in [0.15, 0.2) is 11.6 Å². The van der Waals surface area contributed by atoms with Crippen molar-refractivity contribution in [2.75, 3.05) is 31.6 Å². The lowest BCUT2D eigenvalue weighted by Gasteiger charge is -2.24. The van der Waals surface area contributed by atoms with E-state index in [2.05, 4.69) is 5.32 Å². The van der Waals surface area contributed by atoms with Crippen molar-refractivity contribution in [2.45, 2.75) is 25.4 Å². The smallest absolute Gasteiger partial charge is 0.316 e. The number of hydrogen-bond acceptors (Lipinski definition) is 4. The highest BCUT2D eigenvalue weighted by Gasteiger charge is 2.23. The Kier molecular flexibility index (Phi) is 8.24. The molecule has 1 saturated heterocycles. The number of nitrogens with one attached hydrogen (secondary N) is 1. The van der Waals surface area contributed by atoms with Crippen LogP contribution in [-0.2, 0) is 16.0 Å². The molecule has 10 heteroatoms. The van der Waals surface area contributed by atoms with E-state index in [-0.39, 0.29) is 25.0 Å². The number of carbonyl (C=O) groups is 2. The van der Waals surface area contributed by atoms with Crippen molar-refractivity contribution in [3.8, 4) is 5.75 Å². The third-order valence-corrected chi connectivity index (χ3v) is 5.16. The number of benzene rings is 2. The van der Waals surface area contributed by atoms with Gasteiger partial charge < -0.3 is 25.4 Å². The summed E-state index contributed by atoms with van der Waals surface area (Å²) >= 11 is 5.93. The van der Waals surface area contributed by atoms with Crippen molar-refractivity contribution in [2.24, 2.45) is 5.73 Å². The Morgan fingerprint density at radius 1 is 1.22 bits per heavy atom. The summed E-state index contributed by atoms with van der Waals surface area (Å²) in [6.45, 7) is 1.43. The van der Waals surface area contributed by atoms with Crippen molar-refractivity contribution in [3.63, 3.8) is 0 Å². The SMILES string of the molecule is NC(=O)Nc1cc(Cl)ccc1OCCC(=O)N1CCCOC(Cc2ccc(F)c(F)c2)C1. The van der Waals surface area contributed by atoms with Gasteiger partial charge in [-0.3, -0.25) is 4.79 Å². The molecule has 0 bridgehead atoms. The summed E-state index contributed by atoms with van der Waals surface area (Å²) in [5.74, 6) is -1.59. The molecule has 1 unspecified atom stereocenters. The third-order valence-electron chi connectivity index (χ3n) is 4.92. The van der Waals surface area contributed by atoms with Crippen LogP contribution in [0.4, 0.5) is 19.3 Å². The fourth-order valence-corrected chi connectivity index (χ4v) is 3.61. The van der Waals surface area contributed by atoms with Crippen molar-refractivity contribution < 1.29 is 27.8 Å². The van der Waals surface area contributed by atoms with E-state index in [4.69, 9.17) is 26.8 Å². The first-order valence-corrected chi connectivity index (χ1v) is 10.5. The number of nitrogens with two attached hydrogens (primary N) is 1. The van der Waals surface area contributed by atoms with Crippen molar-refractivity contribution in [1.82, 2.24) is 4.90 Å². The Morgan fingerprint density at radius 2 is 2.03 bits per heavy atom. The Labute approximate surface area is 189 Å². The quantitative estimate of drug-likeness (QED) is 0.648. The molecule has 0 aromatic heterocycles. The van der Waals surface area contributed by atoms with Crippen LogP contribution in [0.1, 0.15) is 18.4 Å². The van der Waals surface area contributed by atoms with E-state index >= 15 is 0 Å². The number of hydrogen-bond donors (Lipinski definition) is 2. The fourth-order valence-electron chi connectivity index (χ4n) is 3.44. The van der Waals surface area contributed by atoms with Crippen LogP contribution in [-0.4, -0.2) is 49.2 Å². The molecule has 1 fully saturated rings. The largest absolute Gasteiger partial charge is 0.491 e. The minimum atomic E-state index is -0.909. The van der Waals surface area contributed by atoms with Crippen LogP contribution in [0.5, 0.6) is 5.75 Å². The van der Waals surface area contributed by atoms with Gasteiger partial charge in [-0.15, -0.1) is 0 Å². The molecule has 0 spiro atoms. The van der Waals surface area contributed by atoms with Gasteiger partial charge in [0, 0.05) is 31.1 Å². The summed E-state index contributed by atoms with van der Waals surface area (Å²) < 4.78 is 38.1. The van der Waals surface area contributed by atoms with Crippen molar-refractivity contribution in [1.29, 1.82) is 0 Å². The zero-order chi connectivity index (χ0) is 23.1. The molecule has 2 aromatic rings. The molecule has 7 nitrogen and oxygen atoms in total. The van der Waals surface area contributed by atoms with Crippen LogP contribution >= 0.6 is 11.6 Å². The average molecular weight is 468 g/mol. The molecule has 32 heavy (non-hydrogen) atoms. The number of amides is 3.